The standard InChI is InChI=1S/C13H16N4/c14-7-5-10-1-3-11(4-2-10)17-9-16-13-12(17)6-8-15-13/h8-11H,1-6H2. The highest BCUT2D eigenvalue weighted by Gasteiger charge is 2.25. The first-order chi connectivity index (χ1) is 8.38. The van der Waals surface area contributed by atoms with Crippen molar-refractivity contribution in [3.63, 3.8) is 0 Å². The van der Waals surface area contributed by atoms with Crippen LogP contribution < -0.4 is 0 Å². The number of hydrogen-bond donors (Lipinski definition) is 0. The van der Waals surface area contributed by atoms with E-state index >= 15 is 0 Å². The molecular weight excluding hydrogens is 212 g/mol. The van der Waals surface area contributed by atoms with E-state index in [4.69, 9.17) is 5.26 Å². The van der Waals surface area contributed by atoms with E-state index in [1.165, 1.54) is 31.4 Å². The summed E-state index contributed by atoms with van der Waals surface area (Å²) in [7, 11) is 0. The Labute approximate surface area is 101 Å². The predicted molar refractivity (Wildman–Crippen MR) is 65.3 cm³/mol. The number of aliphatic imine (C=N–C) groups is 1. The topological polar surface area (TPSA) is 54.0 Å². The van der Waals surface area contributed by atoms with Crippen LogP contribution in [0, 0.1) is 17.2 Å². The van der Waals surface area contributed by atoms with Gasteiger partial charge in [0.1, 0.15) is 0 Å². The lowest BCUT2D eigenvalue weighted by molar-refractivity contribution is 0.275. The highest BCUT2D eigenvalue weighted by atomic mass is 15.1. The van der Waals surface area contributed by atoms with Crippen molar-refractivity contribution < 1.29 is 0 Å². The summed E-state index contributed by atoms with van der Waals surface area (Å²) in [4.78, 5) is 8.60. The quantitative estimate of drug-likeness (QED) is 0.781. The van der Waals surface area contributed by atoms with Gasteiger partial charge in [-0.1, -0.05) is 0 Å². The monoisotopic (exact) mass is 228 g/mol. The smallest absolute Gasteiger partial charge is 0.173 e. The zero-order valence-corrected chi connectivity index (χ0v) is 9.84. The number of imidazole rings is 1. The second-order valence-corrected chi connectivity index (χ2v) is 4.97. The van der Waals surface area contributed by atoms with Gasteiger partial charge in [-0.05, 0) is 31.6 Å². The Kier molecular flexibility index (Phi) is 2.68. The Hall–Kier alpha value is -1.63. The van der Waals surface area contributed by atoms with Crippen molar-refractivity contribution in [2.45, 2.75) is 44.6 Å². The van der Waals surface area contributed by atoms with Gasteiger partial charge in [-0.2, -0.15) is 5.26 Å². The summed E-state index contributed by atoms with van der Waals surface area (Å²) >= 11 is 0. The van der Waals surface area contributed by atoms with Crippen molar-refractivity contribution in [1.29, 1.82) is 5.26 Å². The highest BCUT2D eigenvalue weighted by molar-refractivity contribution is 5.72. The molecule has 0 bridgehead atoms. The van der Waals surface area contributed by atoms with Gasteiger partial charge >= 0.3 is 0 Å². The van der Waals surface area contributed by atoms with E-state index in [1.54, 1.807) is 0 Å². The van der Waals surface area contributed by atoms with Crippen molar-refractivity contribution in [2.24, 2.45) is 10.9 Å². The summed E-state index contributed by atoms with van der Waals surface area (Å²) in [6, 6.07) is 2.86. The van der Waals surface area contributed by atoms with E-state index in [0.717, 1.165) is 18.7 Å². The molecule has 1 saturated carbocycles. The molecule has 1 aliphatic heterocycles. The highest BCUT2D eigenvalue weighted by Crippen LogP contribution is 2.36. The Morgan fingerprint density at radius 1 is 1.35 bits per heavy atom. The van der Waals surface area contributed by atoms with E-state index in [0.29, 0.717) is 12.0 Å². The van der Waals surface area contributed by atoms with Gasteiger partial charge in [0, 0.05) is 25.1 Å². The molecule has 1 aromatic rings. The molecule has 0 saturated heterocycles. The van der Waals surface area contributed by atoms with Gasteiger partial charge in [-0.3, -0.25) is 0 Å². The molecular formula is C13H16N4. The molecule has 0 N–H and O–H groups in total. The third-order valence-corrected chi connectivity index (χ3v) is 3.96. The van der Waals surface area contributed by atoms with Crippen LogP contribution in [0.1, 0.15) is 43.8 Å². The second-order valence-electron chi connectivity index (χ2n) is 4.97. The summed E-state index contributed by atoms with van der Waals surface area (Å²) in [6.45, 7) is 0. The summed E-state index contributed by atoms with van der Waals surface area (Å²) < 4.78 is 2.31. The number of aromatic nitrogens is 2. The van der Waals surface area contributed by atoms with E-state index in [9.17, 15) is 0 Å². The Bertz CT molecular complexity index is 472. The zero-order valence-electron chi connectivity index (χ0n) is 9.84. The average molecular weight is 228 g/mol. The summed E-state index contributed by atoms with van der Waals surface area (Å²) in [5.41, 5.74) is 1.27. The van der Waals surface area contributed by atoms with Gasteiger partial charge in [0.2, 0.25) is 0 Å². The molecule has 0 unspecified atom stereocenters. The van der Waals surface area contributed by atoms with Crippen LogP contribution in [0.2, 0.25) is 0 Å². The molecule has 88 valence electrons. The fourth-order valence-corrected chi connectivity index (χ4v) is 2.97. The molecule has 4 nitrogen and oxygen atoms in total. The van der Waals surface area contributed by atoms with Crippen LogP contribution in [0.15, 0.2) is 11.3 Å². The first kappa shape index (κ1) is 10.5. The largest absolute Gasteiger partial charge is 0.329 e. The van der Waals surface area contributed by atoms with Gasteiger partial charge in [-0.15, -0.1) is 0 Å². The SMILES string of the molecule is N#CCC1CCC(n2cnc3c2CC=N3)CC1. The fourth-order valence-electron chi connectivity index (χ4n) is 2.97. The third-order valence-electron chi connectivity index (χ3n) is 3.96. The number of rotatable bonds is 2. The molecule has 2 aliphatic rings. The summed E-state index contributed by atoms with van der Waals surface area (Å²) in [5, 5.41) is 8.71. The number of nitrogens with zero attached hydrogens (tertiary/aromatic N) is 4. The van der Waals surface area contributed by atoms with E-state index < -0.39 is 0 Å². The summed E-state index contributed by atoms with van der Waals surface area (Å²) in [6.07, 6.45) is 10.2. The molecule has 1 aromatic heterocycles. The molecule has 0 spiro atoms. The Morgan fingerprint density at radius 2 is 2.18 bits per heavy atom. The lowest BCUT2D eigenvalue weighted by Crippen LogP contribution is -2.18. The average Bonchev–Trinajstić information content (AvgIpc) is 2.93. The first-order valence-electron chi connectivity index (χ1n) is 6.33. The molecule has 0 amide bonds. The maximum Gasteiger partial charge on any atom is 0.173 e. The van der Waals surface area contributed by atoms with Crippen LogP contribution in [0.4, 0.5) is 5.82 Å². The molecule has 2 heterocycles. The molecule has 17 heavy (non-hydrogen) atoms. The molecule has 3 rings (SSSR count). The minimum Gasteiger partial charge on any atom is -0.329 e. The normalized spacial score (nSPS) is 26.8. The number of fused-ring (bicyclic) bond motifs is 1. The minimum absolute atomic E-state index is 0.572. The van der Waals surface area contributed by atoms with E-state index in [2.05, 4.69) is 20.6 Å². The molecule has 1 fully saturated rings. The summed E-state index contributed by atoms with van der Waals surface area (Å²) in [5.74, 6) is 1.52. The van der Waals surface area contributed by atoms with Gasteiger partial charge in [0.15, 0.2) is 5.82 Å². The molecule has 0 radical (unpaired) electrons. The predicted octanol–water partition coefficient (Wildman–Crippen LogP) is 2.79. The van der Waals surface area contributed by atoms with Crippen molar-refractivity contribution in [1.82, 2.24) is 9.55 Å². The van der Waals surface area contributed by atoms with Crippen LogP contribution in [0.3, 0.4) is 0 Å². The Morgan fingerprint density at radius 3 is 2.94 bits per heavy atom. The molecule has 0 aromatic carbocycles. The second kappa shape index (κ2) is 4.33. The minimum atomic E-state index is 0.572. The first-order valence-corrected chi connectivity index (χ1v) is 6.33. The lowest BCUT2D eigenvalue weighted by Gasteiger charge is -2.28. The van der Waals surface area contributed by atoms with Crippen LogP contribution in [-0.2, 0) is 6.42 Å². The van der Waals surface area contributed by atoms with Crippen LogP contribution >= 0.6 is 0 Å². The number of nitriles is 1. The van der Waals surface area contributed by atoms with Crippen molar-refractivity contribution in [3.05, 3.63) is 12.0 Å². The van der Waals surface area contributed by atoms with Crippen LogP contribution in [-0.4, -0.2) is 15.8 Å². The molecule has 0 atom stereocenters. The third kappa shape index (κ3) is 1.86. The van der Waals surface area contributed by atoms with Crippen molar-refractivity contribution >= 4 is 12.0 Å². The maximum atomic E-state index is 8.71. The van der Waals surface area contributed by atoms with Gasteiger partial charge in [-0.25, -0.2) is 9.98 Å². The van der Waals surface area contributed by atoms with Crippen LogP contribution in [0.5, 0.6) is 0 Å². The molecule has 1 aliphatic carbocycles. The van der Waals surface area contributed by atoms with Gasteiger partial charge in [0.25, 0.3) is 0 Å². The van der Waals surface area contributed by atoms with Crippen LogP contribution in [0.25, 0.3) is 0 Å². The van der Waals surface area contributed by atoms with E-state index in [-0.39, 0.29) is 0 Å². The number of hydrogen-bond acceptors (Lipinski definition) is 3. The maximum absolute atomic E-state index is 8.71. The van der Waals surface area contributed by atoms with Crippen molar-refractivity contribution in [2.75, 3.05) is 0 Å². The molecule has 4 heteroatoms. The fraction of sp³-hybridized carbons (Fsp3) is 0.615. The van der Waals surface area contributed by atoms with E-state index in [1.807, 2.05) is 12.5 Å². The lowest BCUT2D eigenvalue weighted by atomic mass is 9.84. The zero-order chi connectivity index (χ0) is 11.7. The van der Waals surface area contributed by atoms with Crippen molar-refractivity contribution in [3.8, 4) is 6.07 Å². The Balaban J connectivity index is 1.69. The van der Waals surface area contributed by atoms with Gasteiger partial charge < -0.3 is 4.57 Å². The van der Waals surface area contributed by atoms with Gasteiger partial charge in [0.05, 0.1) is 18.1 Å².